The normalized spacial score (nSPS) is 16.3. The molecule has 2 aromatic rings. The second kappa shape index (κ2) is 7.35. The number of carboxylic acid groups (broad SMARTS) is 1. The van der Waals surface area contributed by atoms with E-state index in [1.165, 1.54) is 36.4 Å². The fraction of sp³-hybridized carbons (Fsp3) is 0.167. The highest BCUT2D eigenvalue weighted by Crippen LogP contribution is 2.31. The van der Waals surface area contributed by atoms with Gasteiger partial charge in [-0.25, -0.2) is 4.90 Å². The van der Waals surface area contributed by atoms with Crippen molar-refractivity contribution in [1.82, 2.24) is 0 Å². The number of carboxylic acids is 1. The summed E-state index contributed by atoms with van der Waals surface area (Å²) in [4.78, 5) is 46.7. The minimum Gasteiger partial charge on any atom is -0.506 e. The van der Waals surface area contributed by atoms with Crippen molar-refractivity contribution < 1.29 is 29.5 Å². The third kappa shape index (κ3) is 3.75. The molecule has 1 heterocycles. The van der Waals surface area contributed by atoms with Gasteiger partial charge in [0.15, 0.2) is 0 Å². The van der Waals surface area contributed by atoms with Crippen molar-refractivity contribution in [1.29, 1.82) is 0 Å². The monoisotopic (exact) mass is 385 g/mol. The molecular formula is C18H15N3O7. The molecule has 1 aliphatic heterocycles. The number of hydrogen-bond donors (Lipinski definition) is 3. The van der Waals surface area contributed by atoms with Crippen LogP contribution in [0.3, 0.4) is 0 Å². The lowest BCUT2D eigenvalue weighted by Crippen LogP contribution is -2.34. The molecule has 1 saturated heterocycles. The lowest BCUT2D eigenvalue weighted by molar-refractivity contribution is -0.384. The van der Waals surface area contributed by atoms with Crippen LogP contribution in [0.2, 0.25) is 0 Å². The number of nitrogens with zero attached hydrogens (tertiary/aromatic N) is 2. The molecule has 0 aromatic heterocycles. The summed E-state index contributed by atoms with van der Waals surface area (Å²) in [5.74, 6) is -2.41. The van der Waals surface area contributed by atoms with Gasteiger partial charge in [-0.1, -0.05) is 12.1 Å². The van der Waals surface area contributed by atoms with Gasteiger partial charge in [-0.2, -0.15) is 0 Å². The predicted octanol–water partition coefficient (Wildman–Crippen LogP) is 1.67. The van der Waals surface area contributed by atoms with Crippen molar-refractivity contribution in [2.45, 2.75) is 18.9 Å². The maximum atomic E-state index is 12.6. The van der Waals surface area contributed by atoms with Crippen molar-refractivity contribution in [2.75, 3.05) is 10.2 Å². The Kier molecular flexibility index (Phi) is 4.94. The maximum absolute atomic E-state index is 12.6. The van der Waals surface area contributed by atoms with Gasteiger partial charge >= 0.3 is 5.97 Å². The number of amides is 2. The van der Waals surface area contributed by atoms with Gasteiger partial charge < -0.3 is 15.5 Å². The molecule has 1 fully saturated rings. The van der Waals surface area contributed by atoms with E-state index in [1.807, 2.05) is 0 Å². The first-order chi connectivity index (χ1) is 13.3. The first kappa shape index (κ1) is 18.8. The predicted molar refractivity (Wildman–Crippen MR) is 97.1 cm³/mol. The molecule has 0 saturated carbocycles. The summed E-state index contributed by atoms with van der Waals surface area (Å²) in [5.41, 5.74) is 0.623. The molecule has 1 unspecified atom stereocenters. The second-order valence-electron chi connectivity index (χ2n) is 6.16. The van der Waals surface area contributed by atoms with E-state index in [9.17, 15) is 29.6 Å². The molecular weight excluding hydrogens is 370 g/mol. The topological polar surface area (TPSA) is 150 Å². The number of carbonyl (C=O) groups excluding carboxylic acids is 2. The van der Waals surface area contributed by atoms with E-state index >= 15 is 0 Å². The van der Waals surface area contributed by atoms with Gasteiger partial charge in [-0.05, 0) is 23.8 Å². The minimum absolute atomic E-state index is 0.0930. The van der Waals surface area contributed by atoms with Gasteiger partial charge in [0.05, 0.1) is 35.2 Å². The fourth-order valence-corrected chi connectivity index (χ4v) is 2.90. The summed E-state index contributed by atoms with van der Waals surface area (Å²) >= 11 is 0. The zero-order chi connectivity index (χ0) is 20.4. The minimum atomic E-state index is -0.992. The summed E-state index contributed by atoms with van der Waals surface area (Å²) in [6.45, 7) is 0. The maximum Gasteiger partial charge on any atom is 0.307 e. The molecule has 2 amide bonds. The van der Waals surface area contributed by atoms with Crippen LogP contribution in [-0.2, 0) is 20.8 Å². The van der Waals surface area contributed by atoms with Crippen LogP contribution in [0.25, 0.3) is 0 Å². The molecule has 10 heteroatoms. The molecule has 0 aliphatic carbocycles. The summed E-state index contributed by atoms with van der Waals surface area (Å²) in [6.07, 6.45) is -0.335. The Hall–Kier alpha value is -3.95. The highest BCUT2D eigenvalue weighted by atomic mass is 16.6. The fourth-order valence-electron chi connectivity index (χ4n) is 2.90. The first-order valence-electron chi connectivity index (χ1n) is 8.17. The summed E-state index contributed by atoms with van der Waals surface area (Å²) in [5, 5.41) is 32.2. The van der Waals surface area contributed by atoms with Crippen LogP contribution in [0.1, 0.15) is 12.0 Å². The number of aromatic hydroxyl groups is 1. The van der Waals surface area contributed by atoms with E-state index in [4.69, 9.17) is 5.11 Å². The number of phenolic OH excluding ortho intramolecular Hbond substituents is 1. The van der Waals surface area contributed by atoms with Crippen LogP contribution in [0.15, 0.2) is 42.5 Å². The smallest absolute Gasteiger partial charge is 0.307 e. The summed E-state index contributed by atoms with van der Waals surface area (Å²) < 4.78 is 0. The number of nitro groups is 1. The molecule has 2 aromatic carbocycles. The molecule has 0 spiro atoms. The Labute approximate surface area is 158 Å². The highest BCUT2D eigenvalue weighted by Gasteiger charge is 2.39. The zero-order valence-electron chi connectivity index (χ0n) is 14.4. The van der Waals surface area contributed by atoms with Gasteiger partial charge in [-0.15, -0.1) is 0 Å². The van der Waals surface area contributed by atoms with Crippen LogP contribution in [0, 0.1) is 10.1 Å². The average Bonchev–Trinajstić information content (AvgIpc) is 2.90. The van der Waals surface area contributed by atoms with Crippen molar-refractivity contribution in [2.24, 2.45) is 0 Å². The van der Waals surface area contributed by atoms with Gasteiger partial charge in [-0.3, -0.25) is 24.5 Å². The zero-order valence-corrected chi connectivity index (χ0v) is 14.4. The van der Waals surface area contributed by atoms with E-state index in [-0.39, 0.29) is 24.2 Å². The number of carbonyl (C=O) groups is 3. The number of anilines is 2. The average molecular weight is 385 g/mol. The number of hydrogen-bond acceptors (Lipinski definition) is 7. The quantitative estimate of drug-likeness (QED) is 0.294. The van der Waals surface area contributed by atoms with E-state index in [0.717, 1.165) is 11.0 Å². The molecule has 0 radical (unpaired) electrons. The molecule has 3 N–H and O–H groups in total. The van der Waals surface area contributed by atoms with Crippen molar-refractivity contribution in [3.63, 3.8) is 0 Å². The van der Waals surface area contributed by atoms with Gasteiger partial charge in [0.25, 0.3) is 11.6 Å². The van der Waals surface area contributed by atoms with Crippen LogP contribution < -0.4 is 10.2 Å². The largest absolute Gasteiger partial charge is 0.506 e. The van der Waals surface area contributed by atoms with Gasteiger partial charge in [0.2, 0.25) is 5.91 Å². The molecule has 10 nitrogen and oxygen atoms in total. The van der Waals surface area contributed by atoms with Crippen LogP contribution >= 0.6 is 0 Å². The number of nitro benzene ring substituents is 1. The Bertz CT molecular complexity index is 972. The number of phenols is 1. The van der Waals surface area contributed by atoms with E-state index in [2.05, 4.69) is 5.32 Å². The van der Waals surface area contributed by atoms with Crippen molar-refractivity contribution in [3.05, 3.63) is 58.1 Å². The van der Waals surface area contributed by atoms with Crippen molar-refractivity contribution >= 4 is 34.8 Å². The standard InChI is InChI=1S/C18H15N3O7/c22-15-8-12(21(27)28)5-6-13(15)19-14-9-16(23)20(18(14)26)11-3-1-10(2-4-11)7-17(24)25/h1-6,8,14,19,22H,7,9H2,(H,24,25). The molecule has 1 aliphatic rings. The number of nitrogens with one attached hydrogen (secondary N) is 1. The SMILES string of the molecule is O=C(O)Cc1ccc(N2C(=O)CC(Nc3ccc([N+](=O)[O-])cc3O)C2=O)cc1. The van der Waals surface area contributed by atoms with E-state index < -0.39 is 34.5 Å². The Balaban J connectivity index is 1.76. The van der Waals surface area contributed by atoms with E-state index in [1.54, 1.807) is 0 Å². The number of aliphatic carboxylic acids is 1. The lowest BCUT2D eigenvalue weighted by atomic mass is 10.1. The summed E-state index contributed by atoms with van der Waals surface area (Å²) in [7, 11) is 0. The molecule has 144 valence electrons. The third-order valence-corrected chi connectivity index (χ3v) is 4.22. The molecule has 3 rings (SSSR count). The first-order valence-corrected chi connectivity index (χ1v) is 8.17. The van der Waals surface area contributed by atoms with Crippen LogP contribution in [0.4, 0.5) is 17.1 Å². The second-order valence-corrected chi connectivity index (χ2v) is 6.16. The molecule has 28 heavy (non-hydrogen) atoms. The number of imide groups is 1. The summed E-state index contributed by atoms with van der Waals surface area (Å²) in [6, 6.07) is 8.44. The number of non-ortho nitro benzene ring substituents is 1. The van der Waals surface area contributed by atoms with Crippen LogP contribution in [-0.4, -0.2) is 39.0 Å². The Morgan fingerprint density at radius 2 is 1.89 bits per heavy atom. The number of rotatable bonds is 6. The Morgan fingerprint density at radius 1 is 1.21 bits per heavy atom. The number of benzene rings is 2. The molecule has 0 bridgehead atoms. The molecule has 1 atom stereocenters. The van der Waals surface area contributed by atoms with E-state index in [0.29, 0.717) is 11.3 Å². The highest BCUT2D eigenvalue weighted by molar-refractivity contribution is 6.23. The van der Waals surface area contributed by atoms with Gasteiger partial charge in [0.1, 0.15) is 11.8 Å². The van der Waals surface area contributed by atoms with Crippen molar-refractivity contribution in [3.8, 4) is 5.75 Å². The third-order valence-electron chi connectivity index (χ3n) is 4.22. The van der Waals surface area contributed by atoms with Crippen LogP contribution in [0.5, 0.6) is 5.75 Å². The van der Waals surface area contributed by atoms with Gasteiger partial charge in [0, 0.05) is 6.07 Å². The lowest BCUT2D eigenvalue weighted by Gasteiger charge is -2.17. The Morgan fingerprint density at radius 3 is 2.46 bits per heavy atom.